The van der Waals surface area contributed by atoms with Gasteiger partial charge in [0, 0.05) is 7.11 Å². The molecule has 0 spiro atoms. The minimum atomic E-state index is -0.119. The topological polar surface area (TPSA) is 73.2 Å². The van der Waals surface area contributed by atoms with E-state index < -0.39 is 0 Å². The second-order valence-electron chi connectivity index (χ2n) is 7.09. The number of para-hydroxylation sites is 1. The number of thioether (sulfide) groups is 1. The lowest BCUT2D eigenvalue weighted by Crippen LogP contribution is -2.30. The normalized spacial score (nSPS) is 12.1. The van der Waals surface area contributed by atoms with E-state index in [1.54, 1.807) is 17.7 Å². The standard InChI is InChI=1S/C23H27N3O3S/c1-4-19(17-11-9-16(2)10-12-17)24-21(27)15-30-23-25-20-8-6-5-7-18(20)22(28)26(23)13-14-29-3/h5-12,19H,4,13-15H2,1-3H3,(H,24,27)/t19-/m1/s1. The molecule has 7 heteroatoms. The van der Waals surface area contributed by atoms with E-state index in [-0.39, 0.29) is 23.3 Å². The predicted molar refractivity (Wildman–Crippen MR) is 121 cm³/mol. The second-order valence-corrected chi connectivity index (χ2v) is 8.03. The fourth-order valence-corrected chi connectivity index (χ4v) is 4.06. The maximum atomic E-state index is 12.9. The summed E-state index contributed by atoms with van der Waals surface area (Å²) in [6.07, 6.45) is 0.798. The zero-order valence-corrected chi connectivity index (χ0v) is 18.4. The second kappa shape index (κ2) is 10.4. The van der Waals surface area contributed by atoms with Crippen LogP contribution in [0, 0.1) is 6.92 Å². The molecule has 0 aliphatic rings. The van der Waals surface area contributed by atoms with Gasteiger partial charge in [0.15, 0.2) is 5.16 Å². The van der Waals surface area contributed by atoms with Gasteiger partial charge in [0.1, 0.15) is 0 Å². The number of rotatable bonds is 9. The van der Waals surface area contributed by atoms with E-state index in [0.717, 1.165) is 12.0 Å². The zero-order valence-electron chi connectivity index (χ0n) is 17.6. The smallest absolute Gasteiger partial charge is 0.262 e. The summed E-state index contributed by atoms with van der Waals surface area (Å²) < 4.78 is 6.73. The lowest BCUT2D eigenvalue weighted by atomic mass is 10.0. The molecule has 2 aromatic carbocycles. The molecule has 0 saturated heterocycles. The van der Waals surface area contributed by atoms with Crippen LogP contribution in [-0.4, -0.2) is 34.9 Å². The lowest BCUT2D eigenvalue weighted by Gasteiger charge is -2.18. The summed E-state index contributed by atoms with van der Waals surface area (Å²) in [5.74, 6) is 0.0910. The summed E-state index contributed by atoms with van der Waals surface area (Å²) in [6.45, 7) is 4.87. The Labute approximate surface area is 180 Å². The lowest BCUT2D eigenvalue weighted by molar-refractivity contribution is -0.119. The van der Waals surface area contributed by atoms with Gasteiger partial charge in [-0.2, -0.15) is 0 Å². The van der Waals surface area contributed by atoms with E-state index in [4.69, 9.17) is 4.74 Å². The first kappa shape index (κ1) is 22.1. The first-order valence-electron chi connectivity index (χ1n) is 10.0. The SMILES string of the molecule is CC[C@@H](NC(=O)CSc1nc2ccccc2c(=O)n1CCOC)c1ccc(C)cc1. The highest BCUT2D eigenvalue weighted by Crippen LogP contribution is 2.20. The highest BCUT2D eigenvalue weighted by Gasteiger charge is 2.16. The van der Waals surface area contributed by atoms with Gasteiger partial charge in [0.25, 0.3) is 5.56 Å². The summed E-state index contributed by atoms with van der Waals surface area (Å²) >= 11 is 1.27. The van der Waals surface area contributed by atoms with Crippen molar-refractivity contribution < 1.29 is 9.53 Å². The third-order valence-corrected chi connectivity index (χ3v) is 5.88. The minimum absolute atomic E-state index is 0.0426. The van der Waals surface area contributed by atoms with Gasteiger partial charge in [-0.1, -0.05) is 60.6 Å². The van der Waals surface area contributed by atoms with Gasteiger partial charge in [-0.05, 0) is 31.0 Å². The number of ether oxygens (including phenoxy) is 1. The van der Waals surface area contributed by atoms with Crippen molar-refractivity contribution in [3.8, 4) is 0 Å². The first-order valence-corrected chi connectivity index (χ1v) is 11.0. The minimum Gasteiger partial charge on any atom is -0.383 e. The highest BCUT2D eigenvalue weighted by molar-refractivity contribution is 7.99. The monoisotopic (exact) mass is 425 g/mol. The number of aryl methyl sites for hydroxylation is 1. The third kappa shape index (κ3) is 5.29. The van der Waals surface area contributed by atoms with Crippen molar-refractivity contribution in [3.63, 3.8) is 0 Å². The van der Waals surface area contributed by atoms with E-state index in [1.807, 2.05) is 56.3 Å². The van der Waals surface area contributed by atoms with Gasteiger partial charge in [0.2, 0.25) is 5.91 Å². The van der Waals surface area contributed by atoms with Crippen molar-refractivity contribution in [2.45, 2.75) is 38.0 Å². The van der Waals surface area contributed by atoms with Crippen molar-refractivity contribution in [1.29, 1.82) is 0 Å². The molecule has 6 nitrogen and oxygen atoms in total. The van der Waals surface area contributed by atoms with E-state index >= 15 is 0 Å². The predicted octanol–water partition coefficient (Wildman–Crippen LogP) is 3.71. The number of hydrogen-bond acceptors (Lipinski definition) is 5. The molecular weight excluding hydrogens is 398 g/mol. The van der Waals surface area contributed by atoms with Crippen LogP contribution in [0.2, 0.25) is 0 Å². The maximum Gasteiger partial charge on any atom is 0.262 e. The molecule has 158 valence electrons. The van der Waals surface area contributed by atoms with Crippen LogP contribution in [0.3, 0.4) is 0 Å². The van der Waals surface area contributed by atoms with Crippen LogP contribution in [0.15, 0.2) is 58.5 Å². The number of benzene rings is 2. The number of aromatic nitrogens is 2. The summed E-state index contributed by atoms with van der Waals surface area (Å²) in [7, 11) is 1.59. The van der Waals surface area contributed by atoms with Gasteiger partial charge >= 0.3 is 0 Å². The van der Waals surface area contributed by atoms with Crippen molar-refractivity contribution >= 4 is 28.6 Å². The van der Waals surface area contributed by atoms with Crippen molar-refractivity contribution in [2.24, 2.45) is 0 Å². The highest BCUT2D eigenvalue weighted by atomic mass is 32.2. The Balaban J connectivity index is 1.75. The van der Waals surface area contributed by atoms with Crippen molar-refractivity contribution in [1.82, 2.24) is 14.9 Å². The Kier molecular flexibility index (Phi) is 7.65. The average molecular weight is 426 g/mol. The van der Waals surface area contributed by atoms with Crippen LogP contribution in [-0.2, 0) is 16.1 Å². The van der Waals surface area contributed by atoms with Crippen LogP contribution in [0.1, 0.15) is 30.5 Å². The molecule has 1 amide bonds. The first-order chi connectivity index (χ1) is 14.5. The molecule has 3 rings (SSSR count). The van der Waals surface area contributed by atoms with Crippen molar-refractivity contribution in [3.05, 3.63) is 70.0 Å². The van der Waals surface area contributed by atoms with Crippen LogP contribution in [0.4, 0.5) is 0 Å². The molecule has 0 aliphatic heterocycles. The number of methoxy groups -OCH3 is 1. The van der Waals surface area contributed by atoms with Crippen LogP contribution >= 0.6 is 11.8 Å². The number of carbonyl (C=O) groups is 1. The molecular formula is C23H27N3O3S. The molecule has 1 N–H and O–H groups in total. The fraction of sp³-hybridized carbons (Fsp3) is 0.348. The molecule has 0 unspecified atom stereocenters. The molecule has 0 fully saturated rings. The molecule has 1 atom stereocenters. The fourth-order valence-electron chi connectivity index (χ4n) is 3.22. The molecule has 0 bridgehead atoms. The number of fused-ring (bicyclic) bond motifs is 1. The number of nitrogens with one attached hydrogen (secondary N) is 1. The zero-order chi connectivity index (χ0) is 21.5. The van der Waals surface area contributed by atoms with Gasteiger partial charge in [0.05, 0.1) is 35.8 Å². The molecule has 1 heterocycles. The summed E-state index contributed by atoms with van der Waals surface area (Å²) in [6, 6.07) is 15.4. The van der Waals surface area contributed by atoms with E-state index in [1.165, 1.54) is 17.3 Å². The van der Waals surface area contributed by atoms with Crippen LogP contribution in [0.5, 0.6) is 0 Å². The molecule has 3 aromatic rings. The molecule has 0 radical (unpaired) electrons. The van der Waals surface area contributed by atoms with Crippen LogP contribution in [0.25, 0.3) is 10.9 Å². The molecule has 0 saturated carbocycles. The summed E-state index contributed by atoms with van der Waals surface area (Å²) in [5.41, 5.74) is 2.78. The Bertz CT molecular complexity index is 1060. The Morgan fingerprint density at radius 3 is 2.63 bits per heavy atom. The molecule has 30 heavy (non-hydrogen) atoms. The number of nitrogens with zero attached hydrogens (tertiary/aromatic N) is 2. The number of amides is 1. The summed E-state index contributed by atoms with van der Waals surface area (Å²) in [5, 5.41) is 4.17. The van der Waals surface area contributed by atoms with Gasteiger partial charge in [-0.3, -0.25) is 14.2 Å². The maximum absolute atomic E-state index is 12.9. The van der Waals surface area contributed by atoms with Crippen LogP contribution < -0.4 is 10.9 Å². The quantitative estimate of drug-likeness (QED) is 0.418. The Morgan fingerprint density at radius 1 is 1.20 bits per heavy atom. The van der Waals surface area contributed by atoms with E-state index in [9.17, 15) is 9.59 Å². The van der Waals surface area contributed by atoms with Gasteiger partial charge < -0.3 is 10.1 Å². The van der Waals surface area contributed by atoms with Gasteiger partial charge in [-0.25, -0.2) is 4.98 Å². The molecule has 0 aliphatic carbocycles. The van der Waals surface area contributed by atoms with E-state index in [0.29, 0.717) is 29.2 Å². The number of carbonyl (C=O) groups excluding carboxylic acids is 1. The van der Waals surface area contributed by atoms with E-state index in [2.05, 4.69) is 10.3 Å². The Hall–Kier alpha value is -2.64. The van der Waals surface area contributed by atoms with Crippen molar-refractivity contribution in [2.75, 3.05) is 19.5 Å². The molecule has 1 aromatic heterocycles. The summed E-state index contributed by atoms with van der Waals surface area (Å²) in [4.78, 5) is 30.1. The van der Waals surface area contributed by atoms with Gasteiger partial charge in [-0.15, -0.1) is 0 Å². The average Bonchev–Trinajstić information content (AvgIpc) is 2.76. The number of hydrogen-bond donors (Lipinski definition) is 1. The third-order valence-electron chi connectivity index (χ3n) is 4.90. The largest absolute Gasteiger partial charge is 0.383 e. The Morgan fingerprint density at radius 2 is 1.93 bits per heavy atom.